The van der Waals surface area contributed by atoms with Crippen LogP contribution in [0, 0.1) is 15.9 Å². The Morgan fingerprint density at radius 1 is 1.56 bits per heavy atom. The highest BCUT2D eigenvalue weighted by Crippen LogP contribution is 2.29. The normalized spacial score (nSPS) is 15.6. The number of nitro benzene ring substituents is 1. The number of hydrogen-bond acceptors (Lipinski definition) is 4. The first-order valence-electron chi connectivity index (χ1n) is 4.97. The second kappa shape index (κ2) is 4.05. The van der Waals surface area contributed by atoms with Crippen LogP contribution in [0.1, 0.15) is 0 Å². The molecule has 86 valence electrons. The summed E-state index contributed by atoms with van der Waals surface area (Å²) in [5.74, 6) is -0.459. The molecule has 0 radical (unpaired) electrons. The van der Waals surface area contributed by atoms with Crippen LogP contribution in [-0.2, 0) is 0 Å². The molecule has 0 aliphatic carbocycles. The molecule has 0 unspecified atom stereocenters. The Morgan fingerprint density at radius 2 is 2.25 bits per heavy atom. The molecule has 1 aromatic carbocycles. The zero-order chi connectivity index (χ0) is 11.7. The van der Waals surface area contributed by atoms with Crippen molar-refractivity contribution in [1.82, 2.24) is 5.32 Å². The number of nitro groups is 1. The summed E-state index contributed by atoms with van der Waals surface area (Å²) in [7, 11) is 1.74. The average Bonchev–Trinajstić information content (AvgIpc) is 2.14. The molecule has 1 fully saturated rings. The number of hydrogen-bond donors (Lipinski definition) is 1. The van der Waals surface area contributed by atoms with E-state index in [4.69, 9.17) is 0 Å². The summed E-state index contributed by atoms with van der Waals surface area (Å²) in [5.41, 5.74) is 0.271. The van der Waals surface area contributed by atoms with Gasteiger partial charge in [0.25, 0.3) is 5.69 Å². The molecule has 1 aliphatic rings. The lowest BCUT2D eigenvalue weighted by Gasteiger charge is -2.36. The van der Waals surface area contributed by atoms with Gasteiger partial charge in [0, 0.05) is 32.3 Å². The zero-order valence-corrected chi connectivity index (χ0v) is 8.81. The van der Waals surface area contributed by atoms with Crippen molar-refractivity contribution in [2.45, 2.75) is 6.04 Å². The van der Waals surface area contributed by atoms with Crippen LogP contribution < -0.4 is 10.2 Å². The monoisotopic (exact) mass is 225 g/mol. The van der Waals surface area contributed by atoms with E-state index in [0.717, 1.165) is 19.2 Å². The molecule has 0 aromatic heterocycles. The molecule has 1 aliphatic heterocycles. The second-order valence-electron chi connectivity index (χ2n) is 3.81. The van der Waals surface area contributed by atoms with Gasteiger partial charge in [-0.25, -0.2) is 4.39 Å². The van der Waals surface area contributed by atoms with Crippen molar-refractivity contribution in [2.24, 2.45) is 0 Å². The lowest BCUT2D eigenvalue weighted by atomic mass is 10.1. The molecule has 16 heavy (non-hydrogen) atoms. The molecule has 2 rings (SSSR count). The largest absolute Gasteiger partial charge is 0.363 e. The molecule has 0 spiro atoms. The van der Waals surface area contributed by atoms with E-state index in [9.17, 15) is 14.5 Å². The summed E-state index contributed by atoms with van der Waals surface area (Å²) in [6.07, 6.45) is 0. The van der Waals surface area contributed by atoms with E-state index in [0.29, 0.717) is 5.69 Å². The van der Waals surface area contributed by atoms with Crippen LogP contribution in [0.15, 0.2) is 18.2 Å². The molecule has 0 amide bonds. The lowest BCUT2D eigenvalue weighted by Crippen LogP contribution is -2.56. The van der Waals surface area contributed by atoms with Crippen molar-refractivity contribution in [2.75, 3.05) is 25.0 Å². The van der Waals surface area contributed by atoms with Crippen molar-refractivity contribution in [3.05, 3.63) is 34.1 Å². The Bertz CT molecular complexity index is 421. The van der Waals surface area contributed by atoms with E-state index in [1.807, 2.05) is 0 Å². The Kier molecular flexibility index (Phi) is 2.74. The minimum absolute atomic E-state index is 0.0594. The fraction of sp³-hybridized carbons (Fsp3) is 0.400. The zero-order valence-electron chi connectivity index (χ0n) is 8.81. The summed E-state index contributed by atoms with van der Waals surface area (Å²) in [6.45, 7) is 1.54. The van der Waals surface area contributed by atoms with Gasteiger partial charge in [-0.1, -0.05) is 0 Å². The minimum Gasteiger partial charge on any atom is -0.363 e. The van der Waals surface area contributed by atoms with E-state index >= 15 is 0 Å². The standard InChI is InChI=1S/C10H12FN3O2/c1-13(8-5-12-6-8)10-4-7(11)2-3-9(10)14(15)16/h2-4,8,12H,5-6H2,1H3. The number of rotatable bonds is 3. The smallest absolute Gasteiger partial charge is 0.292 e. The minimum atomic E-state index is -0.489. The average molecular weight is 225 g/mol. The number of likely N-dealkylation sites (N-methyl/N-ethyl adjacent to an activating group) is 1. The van der Waals surface area contributed by atoms with Crippen LogP contribution in [-0.4, -0.2) is 31.1 Å². The third-order valence-corrected chi connectivity index (χ3v) is 2.82. The lowest BCUT2D eigenvalue weighted by molar-refractivity contribution is -0.384. The Labute approximate surface area is 92.0 Å². The highest BCUT2D eigenvalue weighted by atomic mass is 19.1. The molecule has 0 bridgehead atoms. The van der Waals surface area contributed by atoms with Gasteiger partial charge in [-0.15, -0.1) is 0 Å². The predicted molar refractivity (Wildman–Crippen MR) is 58.1 cm³/mol. The van der Waals surface area contributed by atoms with Crippen LogP contribution in [0.5, 0.6) is 0 Å². The van der Waals surface area contributed by atoms with E-state index in [1.54, 1.807) is 11.9 Å². The molecule has 0 atom stereocenters. The van der Waals surface area contributed by atoms with E-state index in [2.05, 4.69) is 5.32 Å². The van der Waals surface area contributed by atoms with Gasteiger partial charge in [-0.2, -0.15) is 0 Å². The number of nitrogens with one attached hydrogen (secondary N) is 1. The first-order chi connectivity index (χ1) is 7.59. The van der Waals surface area contributed by atoms with Gasteiger partial charge in [0.15, 0.2) is 0 Å². The first-order valence-corrected chi connectivity index (χ1v) is 4.97. The van der Waals surface area contributed by atoms with Crippen LogP contribution in [0.4, 0.5) is 15.8 Å². The number of anilines is 1. The Balaban J connectivity index is 2.36. The summed E-state index contributed by atoms with van der Waals surface area (Å²) in [5, 5.41) is 13.9. The third-order valence-electron chi connectivity index (χ3n) is 2.82. The number of nitrogens with zero attached hydrogens (tertiary/aromatic N) is 2. The number of halogens is 1. The third kappa shape index (κ3) is 1.83. The van der Waals surface area contributed by atoms with Crippen molar-refractivity contribution >= 4 is 11.4 Å². The Morgan fingerprint density at radius 3 is 2.75 bits per heavy atom. The molecule has 6 heteroatoms. The van der Waals surface area contributed by atoms with Gasteiger partial charge >= 0.3 is 0 Å². The van der Waals surface area contributed by atoms with E-state index in [1.165, 1.54) is 12.1 Å². The molecule has 0 saturated carbocycles. The van der Waals surface area contributed by atoms with Gasteiger partial charge in [0.1, 0.15) is 11.5 Å². The second-order valence-corrected chi connectivity index (χ2v) is 3.81. The van der Waals surface area contributed by atoms with Crippen LogP contribution in [0.2, 0.25) is 0 Å². The summed E-state index contributed by atoms with van der Waals surface area (Å²) in [4.78, 5) is 12.1. The van der Waals surface area contributed by atoms with Crippen molar-refractivity contribution in [3.8, 4) is 0 Å². The van der Waals surface area contributed by atoms with Gasteiger partial charge < -0.3 is 10.2 Å². The van der Waals surface area contributed by atoms with Crippen LogP contribution in [0.25, 0.3) is 0 Å². The molecule has 1 aromatic rings. The summed E-state index contributed by atoms with van der Waals surface area (Å²) in [6, 6.07) is 3.71. The van der Waals surface area contributed by atoms with Gasteiger partial charge in [0.05, 0.1) is 11.0 Å². The van der Waals surface area contributed by atoms with Crippen molar-refractivity contribution in [3.63, 3.8) is 0 Å². The molecule has 1 heterocycles. The quantitative estimate of drug-likeness (QED) is 0.619. The van der Waals surface area contributed by atoms with Gasteiger partial charge in [0.2, 0.25) is 0 Å². The Hall–Kier alpha value is -1.69. The molecule has 5 nitrogen and oxygen atoms in total. The highest BCUT2D eigenvalue weighted by Gasteiger charge is 2.27. The highest BCUT2D eigenvalue weighted by molar-refractivity contribution is 5.63. The summed E-state index contributed by atoms with van der Waals surface area (Å²) >= 11 is 0. The SMILES string of the molecule is CN(c1cc(F)ccc1[N+](=O)[O-])C1CNC1. The van der Waals surface area contributed by atoms with E-state index < -0.39 is 10.7 Å². The molecule has 1 N–H and O–H groups in total. The maximum absolute atomic E-state index is 13.1. The van der Waals surface area contributed by atoms with Crippen molar-refractivity contribution < 1.29 is 9.31 Å². The van der Waals surface area contributed by atoms with Crippen LogP contribution >= 0.6 is 0 Å². The van der Waals surface area contributed by atoms with Crippen LogP contribution in [0.3, 0.4) is 0 Å². The first kappa shape index (κ1) is 10.8. The predicted octanol–water partition coefficient (Wildman–Crippen LogP) is 1.14. The molecular formula is C10H12FN3O2. The fourth-order valence-corrected chi connectivity index (χ4v) is 1.68. The molecular weight excluding hydrogens is 213 g/mol. The van der Waals surface area contributed by atoms with E-state index in [-0.39, 0.29) is 11.7 Å². The summed E-state index contributed by atoms with van der Waals surface area (Å²) < 4.78 is 13.1. The number of benzene rings is 1. The fourth-order valence-electron chi connectivity index (χ4n) is 1.68. The van der Waals surface area contributed by atoms with Gasteiger partial charge in [-0.05, 0) is 6.07 Å². The topological polar surface area (TPSA) is 58.4 Å². The maximum atomic E-state index is 13.1. The molecule has 1 saturated heterocycles. The van der Waals surface area contributed by atoms with Crippen molar-refractivity contribution in [1.29, 1.82) is 0 Å². The maximum Gasteiger partial charge on any atom is 0.292 e. The van der Waals surface area contributed by atoms with Gasteiger partial charge in [-0.3, -0.25) is 10.1 Å².